The third-order valence-corrected chi connectivity index (χ3v) is 2.79. The van der Waals surface area contributed by atoms with Crippen molar-refractivity contribution < 1.29 is 9.53 Å². The fourth-order valence-electron chi connectivity index (χ4n) is 2.05. The molecule has 2 heterocycles. The largest absolute Gasteiger partial charge is 0.461 e. The Hall–Kier alpha value is -2.43. The molecule has 0 amide bonds. The van der Waals surface area contributed by atoms with Crippen LogP contribution in [0.1, 0.15) is 17.4 Å². The number of ether oxygens (including phenoxy) is 1. The minimum absolute atomic E-state index is 0.256. The highest BCUT2D eigenvalue weighted by Gasteiger charge is 2.17. The number of hydrogen-bond acceptors (Lipinski definition) is 4. The Morgan fingerprint density at radius 2 is 2.17 bits per heavy atom. The molecule has 18 heavy (non-hydrogen) atoms. The molecule has 1 N–H and O–H groups in total. The molecule has 3 rings (SSSR count). The Balaban J connectivity index is 2.35. The summed E-state index contributed by atoms with van der Waals surface area (Å²) in [6, 6.07) is 7.75. The number of rotatable bonds is 2. The van der Waals surface area contributed by atoms with Crippen LogP contribution in [0.3, 0.4) is 0 Å². The van der Waals surface area contributed by atoms with Gasteiger partial charge in [0.15, 0.2) is 5.69 Å². The topological polar surface area (TPSA) is 67.9 Å². The van der Waals surface area contributed by atoms with E-state index in [1.165, 1.54) is 0 Å². The minimum Gasteiger partial charge on any atom is -0.461 e. The molecule has 0 atom stereocenters. The Bertz CT molecular complexity index is 733. The number of carbonyl (C=O) groups is 1. The Labute approximate surface area is 103 Å². The predicted molar refractivity (Wildman–Crippen MR) is 67.4 cm³/mol. The van der Waals surface area contributed by atoms with Crippen LogP contribution in [-0.4, -0.2) is 27.8 Å². The van der Waals surface area contributed by atoms with Gasteiger partial charge in [0, 0.05) is 16.3 Å². The first-order valence-electron chi connectivity index (χ1n) is 5.70. The summed E-state index contributed by atoms with van der Waals surface area (Å²) < 4.78 is 5.00. The monoisotopic (exact) mass is 241 g/mol. The molecule has 0 aliphatic heterocycles. The summed E-state index contributed by atoms with van der Waals surface area (Å²) in [4.78, 5) is 15.1. The highest BCUT2D eigenvalue weighted by atomic mass is 16.5. The van der Waals surface area contributed by atoms with Crippen molar-refractivity contribution >= 4 is 27.8 Å². The zero-order valence-electron chi connectivity index (χ0n) is 9.80. The van der Waals surface area contributed by atoms with Gasteiger partial charge in [0.05, 0.1) is 18.3 Å². The van der Waals surface area contributed by atoms with Crippen molar-refractivity contribution in [2.45, 2.75) is 6.92 Å². The second kappa shape index (κ2) is 4.10. The summed E-state index contributed by atoms with van der Waals surface area (Å²) in [5.74, 6) is -0.444. The maximum atomic E-state index is 11.9. The standard InChI is InChI=1S/C13H11N3O2/c1-2-18-13(17)12-11-8-5-3-4-6-9(8)15-10(11)7-14-16-12/h3-7,15H,2H2,1H3. The van der Waals surface area contributed by atoms with Gasteiger partial charge in [0.2, 0.25) is 0 Å². The van der Waals surface area contributed by atoms with Gasteiger partial charge in [-0.15, -0.1) is 5.10 Å². The molecule has 0 aliphatic carbocycles. The van der Waals surface area contributed by atoms with E-state index in [1.807, 2.05) is 24.3 Å². The molecular formula is C13H11N3O2. The van der Waals surface area contributed by atoms with E-state index in [4.69, 9.17) is 4.74 Å². The fourth-order valence-corrected chi connectivity index (χ4v) is 2.05. The van der Waals surface area contributed by atoms with Gasteiger partial charge >= 0.3 is 5.97 Å². The van der Waals surface area contributed by atoms with Gasteiger partial charge in [-0.25, -0.2) is 4.79 Å². The van der Waals surface area contributed by atoms with Crippen molar-refractivity contribution in [3.05, 3.63) is 36.2 Å². The van der Waals surface area contributed by atoms with Gasteiger partial charge in [0.1, 0.15) is 0 Å². The number of carbonyl (C=O) groups excluding carboxylic acids is 1. The molecule has 1 aromatic carbocycles. The van der Waals surface area contributed by atoms with E-state index in [1.54, 1.807) is 13.1 Å². The maximum absolute atomic E-state index is 11.9. The molecule has 0 aliphatic rings. The quantitative estimate of drug-likeness (QED) is 0.699. The molecule has 5 heteroatoms. The molecule has 0 fully saturated rings. The van der Waals surface area contributed by atoms with Crippen molar-refractivity contribution in [3.63, 3.8) is 0 Å². The van der Waals surface area contributed by atoms with Crippen LogP contribution < -0.4 is 0 Å². The molecule has 5 nitrogen and oxygen atoms in total. The van der Waals surface area contributed by atoms with Gasteiger partial charge in [-0.2, -0.15) is 5.10 Å². The second-order valence-corrected chi connectivity index (χ2v) is 3.87. The van der Waals surface area contributed by atoms with Crippen molar-refractivity contribution in [2.75, 3.05) is 6.61 Å². The van der Waals surface area contributed by atoms with Crippen LogP contribution in [-0.2, 0) is 4.74 Å². The lowest BCUT2D eigenvalue weighted by Gasteiger charge is -2.01. The molecule has 3 aromatic rings. The summed E-state index contributed by atoms with van der Waals surface area (Å²) in [6.45, 7) is 2.08. The van der Waals surface area contributed by atoms with Crippen molar-refractivity contribution in [1.29, 1.82) is 0 Å². The van der Waals surface area contributed by atoms with E-state index < -0.39 is 5.97 Å². The number of fused-ring (bicyclic) bond motifs is 3. The maximum Gasteiger partial charge on any atom is 0.359 e. The molecule has 0 saturated heterocycles. The smallest absolute Gasteiger partial charge is 0.359 e. The summed E-state index contributed by atoms with van der Waals surface area (Å²) in [5, 5.41) is 9.45. The highest BCUT2D eigenvalue weighted by Crippen LogP contribution is 2.26. The van der Waals surface area contributed by atoms with Gasteiger partial charge in [-0.3, -0.25) is 0 Å². The molecule has 90 valence electrons. The lowest BCUT2D eigenvalue weighted by molar-refractivity contribution is 0.0521. The van der Waals surface area contributed by atoms with Gasteiger partial charge in [0.25, 0.3) is 0 Å². The first-order chi connectivity index (χ1) is 8.81. The second-order valence-electron chi connectivity index (χ2n) is 3.87. The van der Waals surface area contributed by atoms with Gasteiger partial charge < -0.3 is 9.72 Å². The van der Waals surface area contributed by atoms with E-state index in [0.717, 1.165) is 21.8 Å². The van der Waals surface area contributed by atoms with Crippen LogP contribution in [0.2, 0.25) is 0 Å². The molecule has 0 bridgehead atoms. The average molecular weight is 241 g/mol. The number of hydrogen-bond donors (Lipinski definition) is 1. The molecule has 0 radical (unpaired) electrons. The van der Waals surface area contributed by atoms with E-state index in [0.29, 0.717) is 6.61 Å². The third-order valence-electron chi connectivity index (χ3n) is 2.79. The summed E-state index contributed by atoms with van der Waals surface area (Å²) in [7, 11) is 0. The lowest BCUT2D eigenvalue weighted by Crippen LogP contribution is -2.08. The summed E-state index contributed by atoms with van der Waals surface area (Å²) in [5.41, 5.74) is 1.99. The first kappa shape index (κ1) is 10.7. The lowest BCUT2D eigenvalue weighted by atomic mass is 10.1. The van der Waals surface area contributed by atoms with E-state index in [9.17, 15) is 4.79 Å². The molecule has 0 spiro atoms. The molecule has 0 saturated carbocycles. The number of para-hydroxylation sites is 1. The molecule has 0 unspecified atom stereocenters. The van der Waals surface area contributed by atoms with Crippen LogP contribution >= 0.6 is 0 Å². The first-order valence-corrected chi connectivity index (χ1v) is 5.70. The Morgan fingerprint density at radius 1 is 1.33 bits per heavy atom. The van der Waals surface area contributed by atoms with E-state index in [-0.39, 0.29) is 5.69 Å². The number of esters is 1. The van der Waals surface area contributed by atoms with Crippen LogP contribution in [0.5, 0.6) is 0 Å². The average Bonchev–Trinajstić information content (AvgIpc) is 2.77. The Morgan fingerprint density at radius 3 is 3.00 bits per heavy atom. The normalized spacial score (nSPS) is 10.9. The van der Waals surface area contributed by atoms with Crippen LogP contribution in [0, 0.1) is 0 Å². The molecular weight excluding hydrogens is 230 g/mol. The highest BCUT2D eigenvalue weighted by molar-refractivity contribution is 6.15. The van der Waals surface area contributed by atoms with E-state index >= 15 is 0 Å². The zero-order valence-corrected chi connectivity index (χ0v) is 9.80. The van der Waals surface area contributed by atoms with Gasteiger partial charge in [-0.05, 0) is 13.0 Å². The molecule has 2 aromatic heterocycles. The summed E-state index contributed by atoms with van der Waals surface area (Å²) >= 11 is 0. The van der Waals surface area contributed by atoms with E-state index in [2.05, 4.69) is 15.2 Å². The number of nitrogens with one attached hydrogen (secondary N) is 1. The number of H-pyrrole nitrogens is 1. The zero-order chi connectivity index (χ0) is 12.5. The van der Waals surface area contributed by atoms with Crippen LogP contribution in [0.15, 0.2) is 30.5 Å². The number of aromatic amines is 1. The Kier molecular flexibility index (Phi) is 2.44. The number of nitrogens with zero attached hydrogens (tertiary/aromatic N) is 2. The SMILES string of the molecule is CCOC(=O)c1nncc2[nH]c3ccccc3c12. The summed E-state index contributed by atoms with van der Waals surface area (Å²) in [6.07, 6.45) is 1.61. The van der Waals surface area contributed by atoms with Crippen LogP contribution in [0.25, 0.3) is 21.8 Å². The predicted octanol–water partition coefficient (Wildman–Crippen LogP) is 2.29. The van der Waals surface area contributed by atoms with Gasteiger partial charge in [-0.1, -0.05) is 18.2 Å². The minimum atomic E-state index is -0.444. The number of aromatic nitrogens is 3. The van der Waals surface area contributed by atoms with Crippen molar-refractivity contribution in [1.82, 2.24) is 15.2 Å². The number of benzene rings is 1. The third kappa shape index (κ3) is 1.52. The fraction of sp³-hybridized carbons (Fsp3) is 0.154. The van der Waals surface area contributed by atoms with Crippen molar-refractivity contribution in [2.24, 2.45) is 0 Å². The van der Waals surface area contributed by atoms with Crippen molar-refractivity contribution in [3.8, 4) is 0 Å². The van der Waals surface area contributed by atoms with Crippen LogP contribution in [0.4, 0.5) is 0 Å².